The maximum atomic E-state index is 11.3. The van der Waals surface area contributed by atoms with E-state index in [4.69, 9.17) is 10.6 Å². The van der Waals surface area contributed by atoms with Crippen LogP contribution in [0, 0.1) is 0 Å². The quantitative estimate of drug-likeness (QED) is 0.502. The molecule has 2 aromatic rings. The highest BCUT2D eigenvalue weighted by atomic mass is 32.1. The van der Waals surface area contributed by atoms with Gasteiger partial charge < -0.3 is 9.64 Å². The van der Waals surface area contributed by atoms with Crippen molar-refractivity contribution in [2.75, 3.05) is 19.0 Å². The number of hydrogen-bond donors (Lipinski definition) is 2. The highest BCUT2D eigenvalue weighted by Crippen LogP contribution is 2.22. The molecule has 3 N–H and O–H groups in total. The molecule has 1 aromatic heterocycles. The van der Waals surface area contributed by atoms with Crippen LogP contribution >= 0.6 is 11.3 Å². The summed E-state index contributed by atoms with van der Waals surface area (Å²) in [6.07, 6.45) is 0. The Labute approximate surface area is 121 Å². The van der Waals surface area contributed by atoms with Crippen molar-refractivity contribution in [1.29, 1.82) is 0 Å². The molecule has 0 radical (unpaired) electrons. The summed E-state index contributed by atoms with van der Waals surface area (Å²) in [6.45, 7) is 0.430. The van der Waals surface area contributed by atoms with E-state index < -0.39 is 0 Å². The average molecular weight is 291 g/mol. The van der Waals surface area contributed by atoms with Crippen LogP contribution in [0.3, 0.4) is 0 Å². The first-order chi connectivity index (χ1) is 9.60. The minimum atomic E-state index is -0.282. The first-order valence-electron chi connectivity index (χ1n) is 6.10. The van der Waals surface area contributed by atoms with Gasteiger partial charge in [-0.1, -0.05) is 6.07 Å². The Morgan fingerprint density at radius 2 is 2.15 bits per heavy atom. The summed E-state index contributed by atoms with van der Waals surface area (Å²) in [5, 5.41) is 0. The van der Waals surface area contributed by atoms with Gasteiger partial charge in [0.15, 0.2) is 0 Å². The molecule has 0 unspecified atom stereocenters. The summed E-state index contributed by atoms with van der Waals surface area (Å²) in [6, 6.07) is 11.5. The van der Waals surface area contributed by atoms with Crippen LogP contribution < -0.4 is 20.9 Å². The van der Waals surface area contributed by atoms with Crippen molar-refractivity contribution in [2.45, 2.75) is 6.61 Å². The minimum absolute atomic E-state index is 0.282. The lowest BCUT2D eigenvalue weighted by Gasteiger charge is -2.13. The smallest absolute Gasteiger partial charge is 0.275 e. The molecule has 6 heteroatoms. The lowest BCUT2D eigenvalue weighted by Crippen LogP contribution is -2.29. The molecule has 0 fully saturated rings. The van der Waals surface area contributed by atoms with E-state index in [-0.39, 0.29) is 5.91 Å². The number of nitrogens with zero attached hydrogens (tertiary/aromatic N) is 1. The number of thiophene rings is 1. The lowest BCUT2D eigenvalue weighted by molar-refractivity contribution is 0.0957. The number of carbonyl (C=O) groups excluding carboxylic acids is 1. The number of carbonyl (C=O) groups is 1. The number of ether oxygens (including phenoxy) is 1. The molecule has 0 spiro atoms. The second-order valence-corrected chi connectivity index (χ2v) is 5.59. The van der Waals surface area contributed by atoms with Gasteiger partial charge in [-0.3, -0.25) is 10.2 Å². The first-order valence-corrected chi connectivity index (χ1v) is 6.91. The zero-order valence-electron chi connectivity index (χ0n) is 11.4. The molecule has 1 amide bonds. The molecule has 1 aromatic carbocycles. The normalized spacial score (nSPS) is 10.2. The third-order valence-electron chi connectivity index (χ3n) is 2.73. The number of hydrogen-bond acceptors (Lipinski definition) is 5. The molecule has 0 aliphatic heterocycles. The van der Waals surface area contributed by atoms with Gasteiger partial charge in [0.25, 0.3) is 5.91 Å². The molecular weight excluding hydrogens is 274 g/mol. The number of nitrogens with one attached hydrogen (secondary N) is 1. The third kappa shape index (κ3) is 3.49. The number of hydrazine groups is 1. The van der Waals surface area contributed by atoms with Crippen LogP contribution in [-0.2, 0) is 6.61 Å². The zero-order valence-corrected chi connectivity index (χ0v) is 12.2. The van der Waals surface area contributed by atoms with Gasteiger partial charge in [-0.15, -0.1) is 11.3 Å². The molecule has 2 rings (SSSR count). The van der Waals surface area contributed by atoms with Gasteiger partial charge >= 0.3 is 0 Å². The summed E-state index contributed by atoms with van der Waals surface area (Å²) in [4.78, 5) is 14.9. The van der Waals surface area contributed by atoms with E-state index in [1.165, 1.54) is 11.3 Å². The summed E-state index contributed by atoms with van der Waals surface area (Å²) in [5.74, 6) is 5.61. The second kappa shape index (κ2) is 6.40. The van der Waals surface area contributed by atoms with Crippen LogP contribution in [0.15, 0.2) is 36.4 Å². The molecule has 1 heterocycles. The number of amides is 1. The molecule has 0 saturated carbocycles. The topological polar surface area (TPSA) is 67.6 Å². The first kappa shape index (κ1) is 14.4. The van der Waals surface area contributed by atoms with Gasteiger partial charge in [0, 0.05) is 30.7 Å². The van der Waals surface area contributed by atoms with Crippen molar-refractivity contribution in [3.05, 3.63) is 46.2 Å². The van der Waals surface area contributed by atoms with Crippen LogP contribution in [-0.4, -0.2) is 20.0 Å². The van der Waals surface area contributed by atoms with E-state index >= 15 is 0 Å². The number of nitrogen functional groups attached to an aromatic ring is 1. The van der Waals surface area contributed by atoms with Gasteiger partial charge in [0.05, 0.1) is 4.88 Å². The fraction of sp³-hybridized carbons (Fsp3) is 0.214. The Morgan fingerprint density at radius 1 is 1.35 bits per heavy atom. The summed E-state index contributed by atoms with van der Waals surface area (Å²) < 4.78 is 5.73. The fourth-order valence-electron chi connectivity index (χ4n) is 1.65. The Morgan fingerprint density at radius 3 is 2.85 bits per heavy atom. The van der Waals surface area contributed by atoms with Gasteiger partial charge in [0.1, 0.15) is 12.4 Å². The fourth-order valence-corrected chi connectivity index (χ4v) is 2.48. The third-order valence-corrected chi connectivity index (χ3v) is 3.79. The number of anilines is 1. The largest absolute Gasteiger partial charge is 0.488 e. The Bertz CT molecular complexity index is 596. The van der Waals surface area contributed by atoms with Crippen molar-refractivity contribution in [1.82, 2.24) is 5.43 Å². The van der Waals surface area contributed by atoms with Gasteiger partial charge in [-0.25, -0.2) is 5.84 Å². The van der Waals surface area contributed by atoms with Gasteiger partial charge in [0.2, 0.25) is 0 Å². The highest BCUT2D eigenvalue weighted by molar-refractivity contribution is 7.14. The van der Waals surface area contributed by atoms with Crippen LogP contribution in [0.4, 0.5) is 5.69 Å². The van der Waals surface area contributed by atoms with Crippen LogP contribution in [0.2, 0.25) is 0 Å². The second-order valence-electron chi connectivity index (χ2n) is 4.42. The summed E-state index contributed by atoms with van der Waals surface area (Å²) in [5.41, 5.74) is 3.19. The van der Waals surface area contributed by atoms with E-state index in [9.17, 15) is 4.79 Å². The molecule has 0 aliphatic rings. The maximum absolute atomic E-state index is 11.3. The standard InChI is InChI=1S/C14H17N3O2S/c1-17(2)10-4-3-5-11(8-10)19-9-12-6-7-13(20-12)14(18)16-15/h3-8H,9,15H2,1-2H3,(H,16,18). The van der Waals surface area contributed by atoms with Gasteiger partial charge in [-0.2, -0.15) is 0 Å². The SMILES string of the molecule is CN(C)c1cccc(OCc2ccc(C(=O)NN)s2)c1. The van der Waals surface area contributed by atoms with E-state index in [1.807, 2.05) is 49.3 Å². The van der Waals surface area contributed by atoms with Crippen molar-refractivity contribution in [3.8, 4) is 5.75 Å². The van der Waals surface area contributed by atoms with E-state index in [1.54, 1.807) is 6.07 Å². The molecule has 5 nitrogen and oxygen atoms in total. The Kier molecular flexibility index (Phi) is 4.60. The van der Waals surface area contributed by atoms with E-state index in [2.05, 4.69) is 5.43 Å². The van der Waals surface area contributed by atoms with Gasteiger partial charge in [-0.05, 0) is 24.3 Å². The van der Waals surface area contributed by atoms with E-state index in [0.29, 0.717) is 11.5 Å². The highest BCUT2D eigenvalue weighted by Gasteiger charge is 2.08. The predicted molar refractivity (Wildman–Crippen MR) is 81.1 cm³/mol. The number of benzene rings is 1. The minimum Gasteiger partial charge on any atom is -0.488 e. The van der Waals surface area contributed by atoms with Crippen LogP contribution in [0.5, 0.6) is 5.75 Å². The number of rotatable bonds is 5. The predicted octanol–water partition coefficient (Wildman–Crippen LogP) is 2.00. The van der Waals surface area contributed by atoms with E-state index in [0.717, 1.165) is 16.3 Å². The molecule has 20 heavy (non-hydrogen) atoms. The number of nitrogens with two attached hydrogens (primary N) is 1. The zero-order chi connectivity index (χ0) is 14.5. The Balaban J connectivity index is 2.00. The molecular formula is C14H17N3O2S. The Hall–Kier alpha value is -2.05. The summed E-state index contributed by atoms with van der Waals surface area (Å²) in [7, 11) is 3.96. The maximum Gasteiger partial charge on any atom is 0.275 e. The average Bonchev–Trinajstić information content (AvgIpc) is 2.93. The molecule has 0 saturated heterocycles. The molecule has 106 valence electrons. The molecule has 0 bridgehead atoms. The van der Waals surface area contributed by atoms with Crippen molar-refractivity contribution >= 4 is 22.9 Å². The van der Waals surface area contributed by atoms with Crippen molar-refractivity contribution < 1.29 is 9.53 Å². The molecule has 0 aliphatic carbocycles. The van der Waals surface area contributed by atoms with Crippen molar-refractivity contribution in [3.63, 3.8) is 0 Å². The van der Waals surface area contributed by atoms with Crippen LogP contribution in [0.25, 0.3) is 0 Å². The lowest BCUT2D eigenvalue weighted by atomic mass is 10.3. The van der Waals surface area contributed by atoms with Crippen LogP contribution in [0.1, 0.15) is 14.5 Å². The summed E-state index contributed by atoms with van der Waals surface area (Å²) >= 11 is 1.37. The monoisotopic (exact) mass is 291 g/mol. The molecule has 0 atom stereocenters. The van der Waals surface area contributed by atoms with Crippen molar-refractivity contribution in [2.24, 2.45) is 5.84 Å².